The van der Waals surface area contributed by atoms with E-state index in [0.29, 0.717) is 36.0 Å². The summed E-state index contributed by atoms with van der Waals surface area (Å²) in [5, 5.41) is 22.5. The highest BCUT2D eigenvalue weighted by Gasteiger charge is 2.44. The first kappa shape index (κ1) is 61.7. The van der Waals surface area contributed by atoms with Gasteiger partial charge in [-0.1, -0.05) is 88.0 Å². The molecule has 0 saturated carbocycles. The minimum atomic E-state index is -3.58. The Balaban J connectivity index is 0.709. The molecule has 3 atom stereocenters. The van der Waals surface area contributed by atoms with E-state index in [-0.39, 0.29) is 71.2 Å². The van der Waals surface area contributed by atoms with Crippen molar-refractivity contribution in [3.63, 3.8) is 0 Å². The number of nitrogens with zero attached hydrogens (tertiary/aromatic N) is 7. The fourth-order valence-corrected chi connectivity index (χ4v) is 13.1. The number of para-hydroxylation sites is 1. The summed E-state index contributed by atoms with van der Waals surface area (Å²) in [6.45, 7) is 16.1. The molecule has 0 unspecified atom stereocenters. The van der Waals surface area contributed by atoms with Crippen LogP contribution in [-0.2, 0) is 35.6 Å². The third-order valence-electron chi connectivity index (χ3n) is 15.8. The molecule has 3 aromatic carbocycles. The van der Waals surface area contributed by atoms with E-state index in [9.17, 15) is 32.7 Å². The number of rotatable bonds is 23. The van der Waals surface area contributed by atoms with Crippen molar-refractivity contribution in [1.29, 1.82) is 0 Å². The van der Waals surface area contributed by atoms with Crippen molar-refractivity contribution in [3.8, 4) is 16.2 Å². The van der Waals surface area contributed by atoms with Crippen LogP contribution in [0.15, 0.2) is 83.3 Å². The van der Waals surface area contributed by atoms with Crippen molar-refractivity contribution in [2.45, 2.75) is 147 Å². The number of thiazole rings is 1. The van der Waals surface area contributed by atoms with Crippen LogP contribution in [0.3, 0.4) is 0 Å². The maximum absolute atomic E-state index is 14.1. The van der Waals surface area contributed by atoms with Crippen molar-refractivity contribution in [3.05, 3.63) is 94.7 Å². The van der Waals surface area contributed by atoms with Gasteiger partial charge >= 0.3 is 0 Å². The molecule has 4 amide bonds. The molecular weight excluding hydrogens is 1100 g/mol. The molecule has 3 aliphatic heterocycles. The van der Waals surface area contributed by atoms with Gasteiger partial charge in [-0.15, -0.1) is 11.3 Å². The minimum absolute atomic E-state index is 0.0142. The first-order valence-electron chi connectivity index (χ1n) is 28.6. The average Bonchev–Trinajstić information content (AvgIpc) is 4.25. The van der Waals surface area contributed by atoms with Gasteiger partial charge in [-0.2, -0.15) is 4.98 Å². The van der Waals surface area contributed by atoms with Gasteiger partial charge in [0, 0.05) is 89.4 Å². The molecule has 3 aliphatic rings. The summed E-state index contributed by atoms with van der Waals surface area (Å²) in [7, 11) is -1.97. The second-order valence-electron chi connectivity index (χ2n) is 23.0. The number of carbonyl (C=O) groups excluding carboxylic acids is 4. The molecule has 442 valence electrons. The zero-order valence-electron chi connectivity index (χ0n) is 48.3. The zero-order valence-corrected chi connectivity index (χ0v) is 50.6. The first-order valence-corrected chi connectivity index (χ1v) is 31.4. The zero-order chi connectivity index (χ0) is 58.7. The number of aromatic nitrogens is 3. The molecule has 5 N–H and O–H groups in total. The van der Waals surface area contributed by atoms with Crippen LogP contribution < -0.4 is 30.9 Å². The monoisotopic (exact) mass is 1180 g/mol. The predicted molar refractivity (Wildman–Crippen MR) is 323 cm³/mol. The molecule has 3 saturated heterocycles. The van der Waals surface area contributed by atoms with Gasteiger partial charge in [-0.05, 0) is 87.3 Å². The number of carbonyl (C=O) groups is 4. The van der Waals surface area contributed by atoms with E-state index in [4.69, 9.17) is 16.3 Å². The number of halogens is 1. The van der Waals surface area contributed by atoms with Crippen molar-refractivity contribution >= 4 is 85.2 Å². The molecule has 0 radical (unpaired) electrons. The Morgan fingerprint density at radius 2 is 1.56 bits per heavy atom. The predicted octanol–water partition coefficient (Wildman–Crippen LogP) is 8.89. The number of aliphatic hydroxyl groups excluding tert-OH is 1. The summed E-state index contributed by atoms with van der Waals surface area (Å²) < 4.78 is 32.0. The summed E-state index contributed by atoms with van der Waals surface area (Å²) in [6, 6.07) is 19.2. The SMILES string of the molecule is COc1cc(N2CCC(N3CCN(C(=O)CCCCCCCC(=O)N[C@H](C(=O)N4C[C@H](O)C[C@H]4C(=O)NCc4ccc(-c5scnc5C)cc4)C(C)(C)C)CC3)CC2)ccc1Nc1ncc(Cl)c(Nc2ccccc2S(=O)(=O)C(C)C)n1. The first-order chi connectivity index (χ1) is 39.2. The van der Waals surface area contributed by atoms with Gasteiger partial charge < -0.3 is 45.8 Å². The number of likely N-dealkylation sites (tertiary alicyclic amines) is 1. The number of benzene rings is 3. The van der Waals surface area contributed by atoms with Crippen LogP contribution in [0.1, 0.15) is 110 Å². The van der Waals surface area contributed by atoms with Gasteiger partial charge in [-0.3, -0.25) is 24.1 Å². The molecule has 3 fully saturated rings. The molecule has 0 bridgehead atoms. The smallest absolute Gasteiger partial charge is 0.246 e. The Hall–Kier alpha value is -6.39. The minimum Gasteiger partial charge on any atom is -0.494 e. The quantitative estimate of drug-likeness (QED) is 0.0385. The van der Waals surface area contributed by atoms with Crippen LogP contribution in [0, 0.1) is 12.3 Å². The number of aryl methyl sites for hydroxylation is 1. The normalized spacial score (nSPS) is 17.7. The molecule has 0 spiro atoms. The van der Waals surface area contributed by atoms with Crippen LogP contribution in [-0.4, -0.2) is 149 Å². The van der Waals surface area contributed by atoms with Gasteiger partial charge in [0.05, 0.1) is 57.0 Å². The Morgan fingerprint density at radius 1 is 0.866 bits per heavy atom. The number of hydrogen-bond acceptors (Lipinski definition) is 16. The molecular formula is C60H80ClN11O8S2. The number of piperidine rings is 1. The summed E-state index contributed by atoms with van der Waals surface area (Å²) in [5.41, 5.74) is 6.16. The van der Waals surface area contributed by atoms with Crippen molar-refractivity contribution in [1.82, 2.24) is 40.3 Å². The summed E-state index contributed by atoms with van der Waals surface area (Å²) in [6.07, 6.45) is 7.53. The highest BCUT2D eigenvalue weighted by Crippen LogP contribution is 2.36. The fraction of sp³-hybridized carbons (Fsp3) is 0.517. The number of anilines is 5. The van der Waals surface area contributed by atoms with E-state index < -0.39 is 38.7 Å². The van der Waals surface area contributed by atoms with E-state index in [2.05, 4.69) is 46.0 Å². The number of amides is 4. The number of nitrogens with one attached hydrogen (secondary N) is 4. The van der Waals surface area contributed by atoms with Crippen LogP contribution in [0.5, 0.6) is 5.75 Å². The van der Waals surface area contributed by atoms with Gasteiger partial charge in [0.15, 0.2) is 15.7 Å². The summed E-state index contributed by atoms with van der Waals surface area (Å²) in [5.74, 6) is 0.347. The molecule has 5 heterocycles. The fourth-order valence-electron chi connectivity index (χ4n) is 10.9. The van der Waals surface area contributed by atoms with Crippen LogP contribution in [0.4, 0.5) is 28.8 Å². The van der Waals surface area contributed by atoms with E-state index in [1.807, 2.05) is 80.6 Å². The maximum atomic E-state index is 14.1. The van der Waals surface area contributed by atoms with Gasteiger partial charge in [0.1, 0.15) is 22.9 Å². The van der Waals surface area contributed by atoms with Crippen molar-refractivity contribution < 1.29 is 37.4 Å². The molecule has 82 heavy (non-hydrogen) atoms. The van der Waals surface area contributed by atoms with Gasteiger partial charge in [0.2, 0.25) is 29.6 Å². The van der Waals surface area contributed by atoms with Gasteiger partial charge in [0.25, 0.3) is 0 Å². The lowest BCUT2D eigenvalue weighted by Crippen LogP contribution is -2.57. The number of methoxy groups -OCH3 is 1. The highest BCUT2D eigenvalue weighted by atomic mass is 35.5. The van der Waals surface area contributed by atoms with E-state index >= 15 is 0 Å². The largest absolute Gasteiger partial charge is 0.494 e. The second kappa shape index (κ2) is 27.8. The average molecular weight is 1180 g/mol. The number of β-amino-alcohol motifs (C(OH)–C–C–N with tert-alkyl or cyclic N) is 1. The lowest BCUT2D eigenvalue weighted by Gasteiger charge is -2.43. The Labute approximate surface area is 491 Å². The van der Waals surface area contributed by atoms with Crippen molar-refractivity contribution in [2.75, 3.05) is 68.5 Å². The van der Waals surface area contributed by atoms with E-state index in [1.165, 1.54) is 11.1 Å². The molecule has 0 aliphatic carbocycles. The molecule has 2 aromatic heterocycles. The molecule has 19 nitrogen and oxygen atoms in total. The topological polar surface area (TPSA) is 232 Å². The van der Waals surface area contributed by atoms with Crippen LogP contribution in [0.2, 0.25) is 5.02 Å². The number of ether oxygens (including phenoxy) is 1. The Kier molecular flexibility index (Phi) is 20.9. The number of piperazine rings is 1. The maximum Gasteiger partial charge on any atom is 0.246 e. The Bertz CT molecular complexity index is 3120. The highest BCUT2D eigenvalue weighted by molar-refractivity contribution is 7.92. The lowest BCUT2D eigenvalue weighted by atomic mass is 9.85. The number of aliphatic hydroxyl groups is 1. The molecule has 5 aromatic rings. The van der Waals surface area contributed by atoms with E-state index in [0.717, 1.165) is 105 Å². The lowest BCUT2D eigenvalue weighted by molar-refractivity contribution is -0.144. The standard InChI is InChI=1S/C60H80ClN11O8S2/c1-39(2)82(78,79)51-16-14-13-15-48(51)65-56-46(61)36-63-59(68-56)66-47-24-23-44(33-50(47)80-7)69-27-25-43(26-28-69)70-29-31-71(32-30-70)53(75)18-12-10-8-9-11-17-52(74)67-55(60(4,5)6)58(77)72-37-45(73)34-49(72)57(76)62-35-41-19-21-42(22-20-41)54-40(3)64-38-81-54/h13-16,19-24,33,36,38-39,43,45,49,55,73H,8-12,17-18,25-32,34-35,37H2,1-7H3,(H,62,76)(H,67,74)(H2,63,65,66,68)/t45-,49+,55-/m1/s1. The molecule has 8 rings (SSSR count). The van der Waals surface area contributed by atoms with Crippen LogP contribution >= 0.6 is 22.9 Å². The third kappa shape index (κ3) is 15.6. The Morgan fingerprint density at radius 3 is 2.23 bits per heavy atom. The summed E-state index contributed by atoms with van der Waals surface area (Å²) in [4.78, 5) is 77.0. The van der Waals surface area contributed by atoms with E-state index in [1.54, 1.807) is 56.6 Å². The number of hydrogen-bond donors (Lipinski definition) is 5. The number of sulfone groups is 1. The number of unbranched alkanes of at least 4 members (excludes halogenated alkanes) is 4. The van der Waals surface area contributed by atoms with Gasteiger partial charge in [-0.25, -0.2) is 18.4 Å². The van der Waals surface area contributed by atoms with Crippen molar-refractivity contribution in [2.24, 2.45) is 5.41 Å². The second-order valence-corrected chi connectivity index (χ2v) is 26.7. The van der Waals surface area contributed by atoms with Crippen LogP contribution in [0.25, 0.3) is 10.4 Å². The third-order valence-corrected chi connectivity index (χ3v) is 19.2. The molecule has 22 heteroatoms. The summed E-state index contributed by atoms with van der Waals surface area (Å²) >= 11 is 8.06.